The minimum atomic E-state index is -0.136. The first-order valence-electron chi connectivity index (χ1n) is 9.37. The van der Waals surface area contributed by atoms with Gasteiger partial charge in [0.15, 0.2) is 5.16 Å². The fourth-order valence-corrected chi connectivity index (χ4v) is 3.55. The smallest absolute Gasteiger partial charge is 0.234 e. The number of thioether (sulfide) groups is 1. The summed E-state index contributed by atoms with van der Waals surface area (Å²) in [5, 5.41) is 7.67. The number of benzene rings is 3. The number of para-hydroxylation sites is 2. The van der Waals surface area contributed by atoms with Gasteiger partial charge in [0.1, 0.15) is 11.6 Å². The van der Waals surface area contributed by atoms with Gasteiger partial charge in [-0.05, 0) is 36.4 Å². The van der Waals surface area contributed by atoms with Crippen molar-refractivity contribution in [3.8, 4) is 5.75 Å². The molecule has 3 aromatic carbocycles. The number of methoxy groups -OCH3 is 1. The van der Waals surface area contributed by atoms with Crippen molar-refractivity contribution in [1.82, 2.24) is 9.97 Å². The SMILES string of the molecule is COc1cccc(NC(=O)CSc2nc(Nc3ccccc3)c3ccccc3n2)c1. The molecule has 1 heterocycles. The van der Waals surface area contributed by atoms with E-state index in [9.17, 15) is 4.79 Å². The lowest BCUT2D eigenvalue weighted by Gasteiger charge is -2.11. The first-order chi connectivity index (χ1) is 14.7. The molecule has 30 heavy (non-hydrogen) atoms. The minimum absolute atomic E-state index is 0.136. The van der Waals surface area contributed by atoms with Crippen molar-refractivity contribution in [2.24, 2.45) is 0 Å². The maximum atomic E-state index is 12.4. The second-order valence-corrected chi connectivity index (χ2v) is 7.37. The second-order valence-electron chi connectivity index (χ2n) is 6.43. The van der Waals surface area contributed by atoms with Gasteiger partial charge in [0, 0.05) is 22.8 Å². The number of nitrogens with one attached hydrogen (secondary N) is 2. The number of ether oxygens (including phenoxy) is 1. The molecule has 150 valence electrons. The predicted molar refractivity (Wildman–Crippen MR) is 122 cm³/mol. The van der Waals surface area contributed by atoms with Crippen LogP contribution in [-0.2, 0) is 4.79 Å². The van der Waals surface area contributed by atoms with Crippen molar-refractivity contribution in [1.29, 1.82) is 0 Å². The molecule has 0 radical (unpaired) electrons. The highest BCUT2D eigenvalue weighted by Gasteiger charge is 2.11. The van der Waals surface area contributed by atoms with E-state index in [0.29, 0.717) is 22.4 Å². The van der Waals surface area contributed by atoms with Crippen LogP contribution in [0.5, 0.6) is 5.75 Å². The molecule has 1 amide bonds. The highest BCUT2D eigenvalue weighted by Crippen LogP contribution is 2.27. The Labute approximate surface area is 178 Å². The van der Waals surface area contributed by atoms with Crippen LogP contribution in [0.3, 0.4) is 0 Å². The van der Waals surface area contributed by atoms with Crippen LogP contribution >= 0.6 is 11.8 Å². The summed E-state index contributed by atoms with van der Waals surface area (Å²) < 4.78 is 5.19. The molecule has 0 saturated carbocycles. The zero-order chi connectivity index (χ0) is 20.8. The first-order valence-corrected chi connectivity index (χ1v) is 10.4. The Morgan fingerprint density at radius 2 is 1.70 bits per heavy atom. The molecular weight excluding hydrogens is 396 g/mol. The monoisotopic (exact) mass is 416 g/mol. The van der Waals surface area contributed by atoms with Gasteiger partial charge in [0.2, 0.25) is 5.91 Å². The summed E-state index contributed by atoms with van der Waals surface area (Å²) >= 11 is 1.29. The average Bonchev–Trinajstić information content (AvgIpc) is 2.78. The molecule has 4 rings (SSSR count). The largest absolute Gasteiger partial charge is 0.497 e. The number of carbonyl (C=O) groups is 1. The summed E-state index contributed by atoms with van der Waals surface area (Å²) in [6.45, 7) is 0. The minimum Gasteiger partial charge on any atom is -0.497 e. The maximum Gasteiger partial charge on any atom is 0.234 e. The van der Waals surface area contributed by atoms with Crippen molar-refractivity contribution >= 4 is 45.8 Å². The molecule has 0 aliphatic heterocycles. The number of hydrogen-bond acceptors (Lipinski definition) is 6. The van der Waals surface area contributed by atoms with Gasteiger partial charge < -0.3 is 15.4 Å². The van der Waals surface area contributed by atoms with Crippen LogP contribution in [0.15, 0.2) is 84.0 Å². The van der Waals surface area contributed by atoms with Gasteiger partial charge in [-0.25, -0.2) is 9.97 Å². The molecule has 0 aliphatic carbocycles. The van der Waals surface area contributed by atoms with Crippen molar-refractivity contribution < 1.29 is 9.53 Å². The highest BCUT2D eigenvalue weighted by atomic mass is 32.2. The zero-order valence-electron chi connectivity index (χ0n) is 16.3. The molecule has 0 fully saturated rings. The van der Waals surface area contributed by atoms with Crippen LogP contribution in [-0.4, -0.2) is 28.7 Å². The fourth-order valence-electron chi connectivity index (χ4n) is 2.90. The van der Waals surface area contributed by atoms with Crippen LogP contribution < -0.4 is 15.4 Å². The third kappa shape index (κ3) is 4.87. The van der Waals surface area contributed by atoms with Crippen molar-refractivity contribution in [2.75, 3.05) is 23.5 Å². The van der Waals surface area contributed by atoms with E-state index in [1.165, 1.54) is 11.8 Å². The van der Waals surface area contributed by atoms with Gasteiger partial charge in [-0.2, -0.15) is 0 Å². The molecule has 0 atom stereocenters. The van der Waals surface area contributed by atoms with Crippen LogP contribution in [0.25, 0.3) is 10.9 Å². The van der Waals surface area contributed by atoms with Crippen molar-refractivity contribution in [3.05, 3.63) is 78.9 Å². The van der Waals surface area contributed by atoms with Gasteiger partial charge >= 0.3 is 0 Å². The number of rotatable bonds is 7. The summed E-state index contributed by atoms with van der Waals surface area (Å²) in [4.78, 5) is 21.6. The van der Waals surface area contributed by atoms with E-state index in [1.54, 1.807) is 13.2 Å². The van der Waals surface area contributed by atoms with Crippen LogP contribution in [0, 0.1) is 0 Å². The molecule has 4 aromatic rings. The molecule has 6 nitrogen and oxygen atoms in total. The molecule has 0 aliphatic rings. The van der Waals surface area contributed by atoms with Crippen molar-refractivity contribution in [3.63, 3.8) is 0 Å². The van der Waals surface area contributed by atoms with E-state index in [4.69, 9.17) is 4.74 Å². The number of nitrogens with zero attached hydrogens (tertiary/aromatic N) is 2. The van der Waals surface area contributed by atoms with Crippen LogP contribution in [0.2, 0.25) is 0 Å². The Morgan fingerprint density at radius 3 is 2.53 bits per heavy atom. The summed E-state index contributed by atoms with van der Waals surface area (Å²) in [6, 6.07) is 24.9. The number of anilines is 3. The standard InChI is InChI=1S/C23H20N4O2S/c1-29-18-11-7-10-17(14-18)24-21(28)15-30-23-26-20-13-6-5-12-19(20)22(27-23)25-16-8-3-2-4-9-16/h2-14H,15H2,1H3,(H,24,28)(H,25,26,27). The molecule has 0 saturated heterocycles. The molecular formula is C23H20N4O2S. The van der Waals surface area contributed by atoms with Crippen LogP contribution in [0.4, 0.5) is 17.2 Å². The van der Waals surface area contributed by atoms with Gasteiger partial charge in [-0.3, -0.25) is 4.79 Å². The molecule has 7 heteroatoms. The number of carbonyl (C=O) groups excluding carboxylic acids is 1. The summed E-state index contributed by atoms with van der Waals surface area (Å²) in [7, 11) is 1.59. The fraction of sp³-hybridized carbons (Fsp3) is 0.0870. The van der Waals surface area contributed by atoms with E-state index in [0.717, 1.165) is 16.6 Å². The van der Waals surface area contributed by atoms with E-state index < -0.39 is 0 Å². The maximum absolute atomic E-state index is 12.4. The number of amides is 1. The molecule has 2 N–H and O–H groups in total. The second kappa shape index (κ2) is 9.28. The Kier molecular flexibility index (Phi) is 6.10. The summed E-state index contributed by atoms with van der Waals surface area (Å²) in [6.07, 6.45) is 0. The lowest BCUT2D eigenvalue weighted by atomic mass is 10.2. The lowest BCUT2D eigenvalue weighted by molar-refractivity contribution is -0.113. The van der Waals surface area contributed by atoms with Gasteiger partial charge in [-0.15, -0.1) is 0 Å². The number of hydrogen-bond donors (Lipinski definition) is 2. The molecule has 0 unspecified atom stereocenters. The van der Waals surface area contributed by atoms with E-state index in [1.807, 2.05) is 72.8 Å². The Hall–Kier alpha value is -3.58. The Morgan fingerprint density at radius 1 is 0.933 bits per heavy atom. The Bertz CT molecular complexity index is 1170. The van der Waals surface area contributed by atoms with E-state index in [2.05, 4.69) is 20.6 Å². The predicted octanol–water partition coefficient (Wildman–Crippen LogP) is 5.11. The Balaban J connectivity index is 1.50. The highest BCUT2D eigenvalue weighted by molar-refractivity contribution is 7.99. The normalized spacial score (nSPS) is 10.6. The van der Waals surface area contributed by atoms with Gasteiger partial charge in [0.25, 0.3) is 0 Å². The number of aromatic nitrogens is 2. The third-order valence-electron chi connectivity index (χ3n) is 4.31. The molecule has 0 bridgehead atoms. The third-order valence-corrected chi connectivity index (χ3v) is 5.15. The lowest BCUT2D eigenvalue weighted by Crippen LogP contribution is -2.14. The van der Waals surface area contributed by atoms with E-state index >= 15 is 0 Å². The molecule has 0 spiro atoms. The quantitative estimate of drug-likeness (QED) is 0.322. The summed E-state index contributed by atoms with van der Waals surface area (Å²) in [5.41, 5.74) is 2.44. The van der Waals surface area contributed by atoms with Crippen molar-refractivity contribution in [2.45, 2.75) is 5.16 Å². The molecule has 1 aromatic heterocycles. The average molecular weight is 417 g/mol. The summed E-state index contributed by atoms with van der Waals surface area (Å²) in [5.74, 6) is 1.46. The van der Waals surface area contributed by atoms with Gasteiger partial charge in [0.05, 0.1) is 18.4 Å². The topological polar surface area (TPSA) is 76.1 Å². The first kappa shape index (κ1) is 19.7. The van der Waals surface area contributed by atoms with E-state index in [-0.39, 0.29) is 11.7 Å². The number of fused-ring (bicyclic) bond motifs is 1. The van der Waals surface area contributed by atoms with Crippen LogP contribution in [0.1, 0.15) is 0 Å². The zero-order valence-corrected chi connectivity index (χ0v) is 17.1. The van der Waals surface area contributed by atoms with Gasteiger partial charge in [-0.1, -0.05) is 48.2 Å².